The topological polar surface area (TPSA) is 50.1 Å². The lowest BCUT2D eigenvalue weighted by Gasteiger charge is -2.39. The number of aromatic nitrogens is 4. The SMILES string of the molecule is CCC(c1nnnn1CCc1ccccc1)N1CCN(c2ccccc2F)CC1. The Kier molecular flexibility index (Phi) is 6.14. The molecule has 1 aromatic heterocycles. The van der Waals surface area contributed by atoms with Crippen molar-refractivity contribution in [3.8, 4) is 0 Å². The van der Waals surface area contributed by atoms with Gasteiger partial charge in [0.1, 0.15) is 5.82 Å². The summed E-state index contributed by atoms with van der Waals surface area (Å²) in [5.74, 6) is 0.764. The van der Waals surface area contributed by atoms with E-state index < -0.39 is 0 Å². The van der Waals surface area contributed by atoms with Crippen molar-refractivity contribution in [2.75, 3.05) is 31.1 Å². The Morgan fingerprint density at radius 2 is 1.69 bits per heavy atom. The van der Waals surface area contributed by atoms with Crippen LogP contribution in [0.3, 0.4) is 0 Å². The second kappa shape index (κ2) is 9.13. The van der Waals surface area contributed by atoms with Crippen molar-refractivity contribution in [2.45, 2.75) is 32.4 Å². The molecule has 1 unspecified atom stereocenters. The molecule has 0 spiro atoms. The molecule has 1 saturated heterocycles. The summed E-state index contributed by atoms with van der Waals surface area (Å²) in [5.41, 5.74) is 1.97. The van der Waals surface area contributed by atoms with Crippen LogP contribution in [0.1, 0.15) is 30.8 Å². The maximum absolute atomic E-state index is 14.1. The van der Waals surface area contributed by atoms with Crippen LogP contribution in [0.25, 0.3) is 0 Å². The van der Waals surface area contributed by atoms with Crippen molar-refractivity contribution in [1.29, 1.82) is 0 Å². The quantitative estimate of drug-likeness (QED) is 0.615. The first kappa shape index (κ1) is 19.5. The van der Waals surface area contributed by atoms with Crippen LogP contribution < -0.4 is 4.90 Å². The Bertz CT molecular complexity index is 904. The summed E-state index contributed by atoms with van der Waals surface area (Å²) in [4.78, 5) is 4.54. The van der Waals surface area contributed by atoms with Gasteiger partial charge in [0.25, 0.3) is 0 Å². The Morgan fingerprint density at radius 1 is 0.966 bits per heavy atom. The molecule has 1 aliphatic rings. The van der Waals surface area contributed by atoms with Gasteiger partial charge in [-0.05, 0) is 41.0 Å². The summed E-state index contributed by atoms with van der Waals surface area (Å²) >= 11 is 0. The summed E-state index contributed by atoms with van der Waals surface area (Å²) in [6.07, 6.45) is 1.84. The van der Waals surface area contributed by atoms with E-state index >= 15 is 0 Å². The molecule has 1 aliphatic heterocycles. The molecule has 2 aromatic carbocycles. The number of anilines is 1. The summed E-state index contributed by atoms with van der Waals surface area (Å²) in [5, 5.41) is 12.5. The Morgan fingerprint density at radius 3 is 2.41 bits per heavy atom. The molecule has 0 aliphatic carbocycles. The maximum atomic E-state index is 14.1. The molecule has 6 nitrogen and oxygen atoms in total. The van der Waals surface area contributed by atoms with E-state index in [9.17, 15) is 4.39 Å². The third-order valence-corrected chi connectivity index (χ3v) is 5.65. The molecule has 0 radical (unpaired) electrons. The van der Waals surface area contributed by atoms with Gasteiger partial charge in [0.2, 0.25) is 0 Å². The summed E-state index contributed by atoms with van der Waals surface area (Å²) in [7, 11) is 0. The summed E-state index contributed by atoms with van der Waals surface area (Å²) < 4.78 is 16.0. The number of aryl methyl sites for hydroxylation is 2. The number of hydrogen-bond acceptors (Lipinski definition) is 5. The molecule has 1 fully saturated rings. The number of benzene rings is 2. The molecule has 4 rings (SSSR count). The van der Waals surface area contributed by atoms with Gasteiger partial charge in [-0.2, -0.15) is 0 Å². The lowest BCUT2D eigenvalue weighted by molar-refractivity contribution is 0.169. The zero-order valence-electron chi connectivity index (χ0n) is 16.8. The van der Waals surface area contributed by atoms with Crippen molar-refractivity contribution in [1.82, 2.24) is 25.1 Å². The molecule has 152 valence electrons. The van der Waals surface area contributed by atoms with Crippen molar-refractivity contribution >= 4 is 5.69 Å². The van der Waals surface area contributed by atoms with Gasteiger partial charge in [-0.25, -0.2) is 9.07 Å². The highest BCUT2D eigenvalue weighted by molar-refractivity contribution is 5.48. The maximum Gasteiger partial charge on any atom is 0.168 e. The minimum absolute atomic E-state index is 0.155. The fraction of sp³-hybridized carbons (Fsp3) is 0.409. The van der Waals surface area contributed by atoms with E-state index in [1.165, 1.54) is 11.6 Å². The minimum atomic E-state index is -0.155. The van der Waals surface area contributed by atoms with E-state index in [2.05, 4.69) is 56.5 Å². The molecule has 29 heavy (non-hydrogen) atoms. The number of nitrogens with zero attached hydrogens (tertiary/aromatic N) is 6. The van der Waals surface area contributed by atoms with Crippen LogP contribution in [0.5, 0.6) is 0 Å². The number of rotatable bonds is 7. The minimum Gasteiger partial charge on any atom is -0.367 e. The summed E-state index contributed by atoms with van der Waals surface area (Å²) in [6.45, 7) is 6.24. The van der Waals surface area contributed by atoms with Crippen LogP contribution in [-0.4, -0.2) is 51.3 Å². The average Bonchev–Trinajstić information content (AvgIpc) is 3.23. The fourth-order valence-electron chi connectivity index (χ4n) is 4.08. The number of para-hydroxylation sites is 1. The highest BCUT2D eigenvalue weighted by Gasteiger charge is 2.28. The van der Waals surface area contributed by atoms with E-state index in [1.807, 2.05) is 22.9 Å². The predicted molar refractivity (Wildman–Crippen MR) is 111 cm³/mol. The van der Waals surface area contributed by atoms with Gasteiger partial charge >= 0.3 is 0 Å². The second-order valence-electron chi connectivity index (χ2n) is 7.39. The third-order valence-electron chi connectivity index (χ3n) is 5.65. The normalized spacial score (nSPS) is 16.1. The van der Waals surface area contributed by atoms with E-state index in [1.54, 1.807) is 6.07 Å². The first-order chi connectivity index (χ1) is 14.3. The fourth-order valence-corrected chi connectivity index (χ4v) is 4.08. The van der Waals surface area contributed by atoms with E-state index in [0.717, 1.165) is 51.4 Å². The van der Waals surface area contributed by atoms with Crippen molar-refractivity contribution in [2.24, 2.45) is 0 Å². The van der Waals surface area contributed by atoms with Crippen LogP contribution >= 0.6 is 0 Å². The van der Waals surface area contributed by atoms with Gasteiger partial charge in [0.15, 0.2) is 5.82 Å². The van der Waals surface area contributed by atoms with Crippen LogP contribution in [0, 0.1) is 5.82 Å². The first-order valence-corrected chi connectivity index (χ1v) is 10.3. The molecule has 1 atom stereocenters. The smallest absolute Gasteiger partial charge is 0.168 e. The second-order valence-corrected chi connectivity index (χ2v) is 7.39. The Balaban J connectivity index is 1.41. The third kappa shape index (κ3) is 4.45. The number of hydrogen-bond donors (Lipinski definition) is 0. The molecule has 2 heterocycles. The van der Waals surface area contributed by atoms with E-state index in [0.29, 0.717) is 5.69 Å². The van der Waals surface area contributed by atoms with Crippen LogP contribution in [0.4, 0.5) is 10.1 Å². The molecule has 7 heteroatoms. The predicted octanol–water partition coefficient (Wildman–Crippen LogP) is 3.33. The average molecular weight is 394 g/mol. The van der Waals surface area contributed by atoms with Gasteiger partial charge in [-0.15, -0.1) is 5.10 Å². The number of piperazine rings is 1. The molecule has 0 bridgehead atoms. The zero-order valence-corrected chi connectivity index (χ0v) is 16.8. The molecular weight excluding hydrogens is 367 g/mol. The molecule has 0 saturated carbocycles. The highest BCUT2D eigenvalue weighted by atomic mass is 19.1. The largest absolute Gasteiger partial charge is 0.367 e. The molecular formula is C22H27FN6. The van der Waals surface area contributed by atoms with Crippen LogP contribution in [-0.2, 0) is 13.0 Å². The van der Waals surface area contributed by atoms with E-state index in [-0.39, 0.29) is 11.9 Å². The van der Waals surface area contributed by atoms with Crippen LogP contribution in [0.15, 0.2) is 54.6 Å². The standard InChI is InChI=1S/C22H27FN6/c1-2-20(22-24-25-26-29(22)13-12-18-8-4-3-5-9-18)27-14-16-28(17-15-27)21-11-7-6-10-19(21)23/h3-11,20H,2,12-17H2,1H3. The van der Waals surface area contributed by atoms with Gasteiger partial charge in [0.05, 0.1) is 11.7 Å². The van der Waals surface area contributed by atoms with Gasteiger partial charge in [-0.3, -0.25) is 4.90 Å². The monoisotopic (exact) mass is 394 g/mol. The summed E-state index contributed by atoms with van der Waals surface area (Å²) in [6, 6.07) is 17.6. The lowest BCUT2D eigenvalue weighted by atomic mass is 10.1. The van der Waals surface area contributed by atoms with E-state index in [4.69, 9.17) is 0 Å². The molecule has 3 aromatic rings. The Labute approximate surface area is 170 Å². The molecule has 0 N–H and O–H groups in total. The highest BCUT2D eigenvalue weighted by Crippen LogP contribution is 2.26. The van der Waals surface area contributed by atoms with Crippen molar-refractivity contribution in [3.05, 3.63) is 71.8 Å². The number of tetrazole rings is 1. The van der Waals surface area contributed by atoms with Crippen LogP contribution in [0.2, 0.25) is 0 Å². The first-order valence-electron chi connectivity index (χ1n) is 10.3. The van der Waals surface area contributed by atoms with Gasteiger partial charge < -0.3 is 4.90 Å². The number of halogens is 1. The van der Waals surface area contributed by atoms with Crippen molar-refractivity contribution < 1.29 is 4.39 Å². The van der Waals surface area contributed by atoms with Crippen molar-refractivity contribution in [3.63, 3.8) is 0 Å². The Hall–Kier alpha value is -2.80. The lowest BCUT2D eigenvalue weighted by Crippen LogP contribution is -2.48. The molecule has 0 amide bonds. The zero-order chi connectivity index (χ0) is 20.1. The van der Waals surface area contributed by atoms with Gasteiger partial charge in [0, 0.05) is 32.7 Å². The van der Waals surface area contributed by atoms with Gasteiger partial charge in [-0.1, -0.05) is 49.4 Å².